The second-order valence-corrected chi connectivity index (χ2v) is 5.95. The molecule has 2 aromatic carbocycles. The second-order valence-electron chi connectivity index (χ2n) is 5.95. The van der Waals surface area contributed by atoms with Crippen LogP contribution in [0.15, 0.2) is 54.6 Å². The van der Waals surface area contributed by atoms with Gasteiger partial charge < -0.3 is 14.5 Å². The molecule has 0 aromatic heterocycles. The number of anilines is 1. The molecule has 0 radical (unpaired) electrons. The summed E-state index contributed by atoms with van der Waals surface area (Å²) in [6, 6.07) is 14.2. The predicted octanol–water partition coefficient (Wildman–Crippen LogP) is 3.17. The number of amides is 2. The molecule has 2 amide bonds. The molecule has 7 heteroatoms. The van der Waals surface area contributed by atoms with Crippen molar-refractivity contribution in [1.29, 1.82) is 0 Å². The Morgan fingerprint density at radius 2 is 1.81 bits per heavy atom. The van der Waals surface area contributed by atoms with E-state index in [9.17, 15) is 18.4 Å². The molecule has 3 rings (SSSR count). The standard InChI is InChI=1S/C19H18F2N2O3/c1-22(17(24)13-7-9-15(10-8-13)26-19(20)21)16-11-12-23(18(16)25)14-5-3-2-4-6-14/h2-10,16,19H,11-12H2,1H3. The summed E-state index contributed by atoms with van der Waals surface area (Å²) in [5.41, 5.74) is 1.11. The van der Waals surface area contributed by atoms with Crippen molar-refractivity contribution in [2.45, 2.75) is 19.1 Å². The van der Waals surface area contributed by atoms with Crippen molar-refractivity contribution in [3.63, 3.8) is 0 Å². The molecule has 0 aliphatic carbocycles. The SMILES string of the molecule is CN(C(=O)c1ccc(OC(F)F)cc1)C1CCN(c2ccccc2)C1=O. The molecule has 1 saturated heterocycles. The van der Waals surface area contributed by atoms with E-state index in [1.165, 1.54) is 29.2 Å². The number of para-hydroxylation sites is 1. The highest BCUT2D eigenvalue weighted by Crippen LogP contribution is 2.25. The number of ether oxygens (including phenoxy) is 1. The van der Waals surface area contributed by atoms with Gasteiger partial charge in [0, 0.05) is 24.8 Å². The van der Waals surface area contributed by atoms with Gasteiger partial charge in [-0.05, 0) is 42.8 Å². The van der Waals surface area contributed by atoms with Gasteiger partial charge >= 0.3 is 6.61 Å². The van der Waals surface area contributed by atoms with Crippen LogP contribution < -0.4 is 9.64 Å². The van der Waals surface area contributed by atoms with Crippen molar-refractivity contribution in [3.8, 4) is 5.75 Å². The predicted molar refractivity (Wildman–Crippen MR) is 92.4 cm³/mol. The van der Waals surface area contributed by atoms with Gasteiger partial charge in [-0.2, -0.15) is 8.78 Å². The van der Waals surface area contributed by atoms with Gasteiger partial charge in [-0.25, -0.2) is 0 Å². The maximum atomic E-state index is 12.7. The highest BCUT2D eigenvalue weighted by Gasteiger charge is 2.37. The molecule has 0 spiro atoms. The number of carbonyl (C=O) groups is 2. The van der Waals surface area contributed by atoms with Crippen LogP contribution in [-0.4, -0.2) is 43.0 Å². The molecular formula is C19H18F2N2O3. The third-order valence-electron chi connectivity index (χ3n) is 4.36. The minimum atomic E-state index is -2.92. The van der Waals surface area contributed by atoms with Crippen LogP contribution in [0.2, 0.25) is 0 Å². The zero-order chi connectivity index (χ0) is 18.7. The van der Waals surface area contributed by atoms with Crippen LogP contribution in [-0.2, 0) is 4.79 Å². The van der Waals surface area contributed by atoms with Crippen LogP contribution >= 0.6 is 0 Å². The van der Waals surface area contributed by atoms with Gasteiger partial charge in [-0.1, -0.05) is 18.2 Å². The summed E-state index contributed by atoms with van der Waals surface area (Å²) in [5, 5.41) is 0. The van der Waals surface area contributed by atoms with E-state index in [1.54, 1.807) is 11.9 Å². The zero-order valence-corrected chi connectivity index (χ0v) is 14.1. The fraction of sp³-hybridized carbons (Fsp3) is 0.263. The number of alkyl halides is 2. The van der Waals surface area contributed by atoms with Crippen LogP contribution in [0.5, 0.6) is 5.75 Å². The van der Waals surface area contributed by atoms with Crippen LogP contribution in [0.1, 0.15) is 16.8 Å². The van der Waals surface area contributed by atoms with Crippen molar-refractivity contribution in [2.24, 2.45) is 0 Å². The maximum Gasteiger partial charge on any atom is 0.387 e. The Labute approximate surface area is 149 Å². The molecule has 1 heterocycles. The first-order valence-corrected chi connectivity index (χ1v) is 8.16. The fourth-order valence-electron chi connectivity index (χ4n) is 3.01. The number of benzene rings is 2. The lowest BCUT2D eigenvalue weighted by molar-refractivity contribution is -0.120. The highest BCUT2D eigenvalue weighted by atomic mass is 19.3. The van der Waals surface area contributed by atoms with Crippen molar-refractivity contribution in [3.05, 3.63) is 60.2 Å². The summed E-state index contributed by atoms with van der Waals surface area (Å²) in [4.78, 5) is 28.4. The van der Waals surface area contributed by atoms with Crippen molar-refractivity contribution in [1.82, 2.24) is 4.90 Å². The van der Waals surface area contributed by atoms with E-state index in [0.717, 1.165) is 5.69 Å². The van der Waals surface area contributed by atoms with Gasteiger partial charge in [-0.15, -0.1) is 0 Å². The number of hydrogen-bond acceptors (Lipinski definition) is 3. The molecular weight excluding hydrogens is 342 g/mol. The van der Waals surface area contributed by atoms with Crippen molar-refractivity contribution < 1.29 is 23.1 Å². The zero-order valence-electron chi connectivity index (χ0n) is 14.1. The Hall–Kier alpha value is -2.96. The third kappa shape index (κ3) is 3.66. The van der Waals surface area contributed by atoms with E-state index in [1.807, 2.05) is 30.3 Å². The molecule has 1 aliphatic heterocycles. The molecule has 1 aliphatic rings. The molecule has 5 nitrogen and oxygen atoms in total. The molecule has 0 N–H and O–H groups in total. The van der Waals surface area contributed by atoms with Crippen molar-refractivity contribution in [2.75, 3.05) is 18.5 Å². The Balaban J connectivity index is 1.70. The lowest BCUT2D eigenvalue weighted by Gasteiger charge is -2.24. The number of halogens is 2. The minimum absolute atomic E-state index is 0.0219. The Bertz CT molecular complexity index is 781. The molecule has 136 valence electrons. The third-order valence-corrected chi connectivity index (χ3v) is 4.36. The largest absolute Gasteiger partial charge is 0.435 e. The first-order valence-electron chi connectivity index (χ1n) is 8.16. The van der Waals surface area contributed by atoms with E-state index in [-0.39, 0.29) is 17.6 Å². The van der Waals surface area contributed by atoms with Gasteiger partial charge in [0.05, 0.1) is 0 Å². The molecule has 0 saturated carbocycles. The summed E-state index contributed by atoms with van der Waals surface area (Å²) in [5.74, 6) is -0.502. The molecule has 1 unspecified atom stereocenters. The average Bonchev–Trinajstić information content (AvgIpc) is 3.03. The number of likely N-dealkylation sites (N-methyl/N-ethyl adjacent to an activating group) is 1. The maximum absolute atomic E-state index is 12.7. The Kier molecular flexibility index (Phi) is 5.16. The lowest BCUT2D eigenvalue weighted by Crippen LogP contribution is -2.43. The average molecular weight is 360 g/mol. The van der Waals surface area contributed by atoms with E-state index in [4.69, 9.17) is 0 Å². The number of rotatable bonds is 5. The van der Waals surface area contributed by atoms with Gasteiger partial charge in [-0.3, -0.25) is 9.59 Å². The summed E-state index contributed by atoms with van der Waals surface area (Å²) < 4.78 is 28.7. The second kappa shape index (κ2) is 7.51. The summed E-state index contributed by atoms with van der Waals surface area (Å²) in [6.07, 6.45) is 0.530. The molecule has 26 heavy (non-hydrogen) atoms. The van der Waals surface area contributed by atoms with E-state index < -0.39 is 12.7 Å². The van der Waals surface area contributed by atoms with Crippen LogP contribution in [0, 0.1) is 0 Å². The van der Waals surface area contributed by atoms with E-state index in [2.05, 4.69) is 4.74 Å². The topological polar surface area (TPSA) is 49.9 Å². The monoisotopic (exact) mass is 360 g/mol. The normalized spacial score (nSPS) is 16.8. The van der Waals surface area contributed by atoms with Gasteiger partial charge in [0.1, 0.15) is 11.8 Å². The van der Waals surface area contributed by atoms with Crippen molar-refractivity contribution >= 4 is 17.5 Å². The number of nitrogens with zero attached hydrogens (tertiary/aromatic N) is 2. The van der Waals surface area contributed by atoms with Crippen LogP contribution in [0.25, 0.3) is 0 Å². The minimum Gasteiger partial charge on any atom is -0.435 e. The summed E-state index contributed by atoms with van der Waals surface area (Å²) in [7, 11) is 1.57. The number of hydrogen-bond donors (Lipinski definition) is 0. The smallest absolute Gasteiger partial charge is 0.387 e. The van der Waals surface area contributed by atoms with Crippen LogP contribution in [0.3, 0.4) is 0 Å². The first-order chi connectivity index (χ1) is 12.5. The van der Waals surface area contributed by atoms with Crippen LogP contribution in [0.4, 0.5) is 14.5 Å². The molecule has 0 bridgehead atoms. The summed E-state index contributed by atoms with van der Waals surface area (Å²) in [6.45, 7) is -2.38. The van der Waals surface area contributed by atoms with E-state index >= 15 is 0 Å². The van der Waals surface area contributed by atoms with Gasteiger partial charge in [0.2, 0.25) is 5.91 Å². The molecule has 2 aromatic rings. The van der Waals surface area contributed by atoms with Gasteiger partial charge in [0.25, 0.3) is 5.91 Å². The van der Waals surface area contributed by atoms with Gasteiger partial charge in [0.15, 0.2) is 0 Å². The molecule has 1 atom stereocenters. The summed E-state index contributed by atoms with van der Waals surface area (Å²) >= 11 is 0. The molecule has 1 fully saturated rings. The Morgan fingerprint density at radius 1 is 1.15 bits per heavy atom. The number of carbonyl (C=O) groups excluding carboxylic acids is 2. The quantitative estimate of drug-likeness (QED) is 0.823. The van der Waals surface area contributed by atoms with E-state index in [0.29, 0.717) is 18.5 Å². The fourth-order valence-corrected chi connectivity index (χ4v) is 3.01. The first kappa shape index (κ1) is 17.8. The Morgan fingerprint density at radius 3 is 2.42 bits per heavy atom. The lowest BCUT2D eigenvalue weighted by atomic mass is 10.1. The highest BCUT2D eigenvalue weighted by molar-refractivity contribution is 6.03.